The number of hydrogen-bond acceptors (Lipinski definition) is 11. The van der Waals surface area contributed by atoms with Crippen molar-refractivity contribution in [3.63, 3.8) is 0 Å². The summed E-state index contributed by atoms with van der Waals surface area (Å²) in [4.78, 5) is 66.6. The van der Waals surface area contributed by atoms with Gasteiger partial charge in [-0.2, -0.15) is 0 Å². The van der Waals surface area contributed by atoms with Gasteiger partial charge >= 0.3 is 23.9 Å². The monoisotopic (exact) mass is 711 g/mol. The summed E-state index contributed by atoms with van der Waals surface area (Å²) in [6, 6.07) is 24.0. The van der Waals surface area contributed by atoms with Crippen LogP contribution in [-0.2, 0) is 9.59 Å². The topological polar surface area (TPSA) is 194 Å². The summed E-state index contributed by atoms with van der Waals surface area (Å²) in [5, 5.41) is 31.0. The Labute approximate surface area is 293 Å². The van der Waals surface area contributed by atoms with Gasteiger partial charge in [-0.3, -0.25) is 9.59 Å². The lowest BCUT2D eigenvalue weighted by Gasteiger charge is -2.64. The summed E-state index contributed by atoms with van der Waals surface area (Å²) < 4.78 is 10.9. The van der Waals surface area contributed by atoms with E-state index in [1.54, 1.807) is 35.0 Å². The number of nitrogens with one attached hydrogen (secondary N) is 2. The molecule has 0 saturated heterocycles. The van der Waals surface area contributed by atoms with E-state index in [-0.39, 0.29) is 28.2 Å². The van der Waals surface area contributed by atoms with Crippen molar-refractivity contribution < 1.29 is 43.7 Å². The molecule has 3 aromatic carbocycles. The van der Waals surface area contributed by atoms with Gasteiger partial charge in [-0.15, -0.1) is 22.7 Å². The minimum Gasteiger partial charge on any atom is -0.480 e. The first kappa shape index (κ1) is 34.0. The second-order valence-corrected chi connectivity index (χ2v) is 13.3. The highest BCUT2D eigenvalue weighted by Crippen LogP contribution is 2.63. The average Bonchev–Trinajstić information content (AvgIpc) is 3.84. The fourth-order valence-corrected chi connectivity index (χ4v) is 7.75. The van der Waals surface area contributed by atoms with E-state index >= 15 is 0 Å². The SMILES string of the molecule is CNC1(C(=O)O)C(c2ccc(OC(=O)c3cccs3)cc2)C(NC(=O)c2ccc(N)cc2)(C(=O)O)C1c1ccc(OC(=O)c2cccs2)cc1. The van der Waals surface area contributed by atoms with Crippen molar-refractivity contribution in [2.75, 3.05) is 12.8 Å². The predicted molar refractivity (Wildman–Crippen MR) is 185 cm³/mol. The summed E-state index contributed by atoms with van der Waals surface area (Å²) in [6.07, 6.45) is 0. The number of carboxylic acids is 2. The average molecular weight is 712 g/mol. The lowest BCUT2D eigenvalue weighted by atomic mass is 9.43. The zero-order chi connectivity index (χ0) is 35.6. The maximum atomic E-state index is 13.8. The molecule has 1 aliphatic rings. The van der Waals surface area contributed by atoms with Crippen LogP contribution in [0, 0.1) is 0 Å². The van der Waals surface area contributed by atoms with Gasteiger partial charge in [0.1, 0.15) is 26.8 Å². The van der Waals surface area contributed by atoms with Gasteiger partial charge in [-0.1, -0.05) is 36.4 Å². The Morgan fingerprint density at radius 2 is 1.10 bits per heavy atom. The first-order chi connectivity index (χ1) is 24.0. The Morgan fingerprint density at radius 3 is 1.46 bits per heavy atom. The molecular weight excluding hydrogens is 683 g/mol. The fraction of sp³-hybridized carbons (Fsp3) is 0.139. The van der Waals surface area contributed by atoms with Crippen molar-refractivity contribution in [3.8, 4) is 11.5 Å². The fourth-order valence-electron chi connectivity index (χ4n) is 6.55. The number of carbonyl (C=O) groups is 5. The third kappa shape index (κ3) is 5.89. The van der Waals surface area contributed by atoms with Crippen LogP contribution in [0.15, 0.2) is 108 Å². The van der Waals surface area contributed by atoms with Crippen molar-refractivity contribution in [3.05, 3.63) is 134 Å². The Morgan fingerprint density at radius 1 is 0.660 bits per heavy atom. The number of aliphatic carboxylic acids is 2. The molecule has 1 saturated carbocycles. The van der Waals surface area contributed by atoms with E-state index < -0.39 is 52.7 Å². The number of thiophene rings is 2. The normalized spacial score (nSPS) is 21.0. The third-order valence-corrected chi connectivity index (χ3v) is 10.4. The van der Waals surface area contributed by atoms with Gasteiger partial charge in [-0.25, -0.2) is 14.4 Å². The number of benzene rings is 3. The molecule has 6 rings (SSSR count). The van der Waals surface area contributed by atoms with Crippen molar-refractivity contribution in [1.82, 2.24) is 10.6 Å². The van der Waals surface area contributed by atoms with Crippen molar-refractivity contribution in [2.24, 2.45) is 0 Å². The Hall–Kier alpha value is -5.83. The van der Waals surface area contributed by atoms with Crippen LogP contribution in [0.5, 0.6) is 11.5 Å². The van der Waals surface area contributed by atoms with Crippen LogP contribution in [0.2, 0.25) is 0 Å². The van der Waals surface area contributed by atoms with Gasteiger partial charge in [-0.05, 0) is 89.6 Å². The van der Waals surface area contributed by atoms with Crippen molar-refractivity contribution in [2.45, 2.75) is 22.9 Å². The number of esters is 2. The smallest absolute Gasteiger partial charge is 0.353 e. The number of carbonyl (C=O) groups excluding carboxylic acids is 3. The molecule has 2 aromatic heterocycles. The zero-order valence-electron chi connectivity index (χ0n) is 26.2. The third-order valence-electron chi connectivity index (χ3n) is 8.73. The molecule has 1 aliphatic carbocycles. The van der Waals surface area contributed by atoms with Crippen LogP contribution in [0.4, 0.5) is 5.69 Å². The zero-order valence-corrected chi connectivity index (χ0v) is 27.8. The number of rotatable bonds is 11. The molecular formula is C36H29N3O9S2. The molecule has 0 radical (unpaired) electrons. The van der Waals surface area contributed by atoms with Crippen molar-refractivity contribution >= 4 is 58.1 Å². The molecule has 50 heavy (non-hydrogen) atoms. The van der Waals surface area contributed by atoms with Crippen LogP contribution >= 0.6 is 22.7 Å². The summed E-state index contributed by atoms with van der Waals surface area (Å²) in [7, 11) is 1.40. The number of amides is 1. The van der Waals surface area contributed by atoms with Crippen molar-refractivity contribution in [1.29, 1.82) is 0 Å². The molecule has 0 aliphatic heterocycles. The Kier molecular flexibility index (Phi) is 9.25. The maximum absolute atomic E-state index is 13.8. The van der Waals surface area contributed by atoms with E-state index in [9.17, 15) is 34.2 Å². The molecule has 5 aromatic rings. The molecule has 254 valence electrons. The number of nitrogen functional groups attached to an aromatic ring is 1. The van der Waals surface area contributed by atoms with Gasteiger partial charge in [0.05, 0.1) is 0 Å². The molecule has 1 fully saturated rings. The standard InChI is InChI=1S/C36H29N3O9S2/c1-38-35(33(43)44)28(20-8-14-24(15-9-20)47-31(41)26-4-2-18-49-26)36(34(45)46,39-30(40)22-6-12-23(37)13-7-22)29(35)21-10-16-25(17-11-21)48-32(42)27-5-3-19-50-27/h2-19,28-29,38H,37H2,1H3,(H,39,40)(H,43,44)(H,45,46). The highest BCUT2D eigenvalue weighted by molar-refractivity contribution is 7.12. The molecule has 12 nitrogen and oxygen atoms in total. The lowest BCUT2D eigenvalue weighted by molar-refractivity contribution is -0.171. The molecule has 2 atom stereocenters. The van der Waals surface area contributed by atoms with Crippen LogP contribution in [-0.4, -0.2) is 58.1 Å². The highest BCUT2D eigenvalue weighted by Gasteiger charge is 2.79. The highest BCUT2D eigenvalue weighted by atomic mass is 32.1. The van der Waals surface area contributed by atoms with Crippen LogP contribution in [0.3, 0.4) is 0 Å². The quantitative estimate of drug-likeness (QED) is 0.0703. The summed E-state index contributed by atoms with van der Waals surface area (Å²) >= 11 is 2.40. The molecule has 0 bridgehead atoms. The van der Waals surface area contributed by atoms with E-state index in [0.29, 0.717) is 15.4 Å². The van der Waals surface area contributed by atoms with Crippen LogP contribution in [0.25, 0.3) is 0 Å². The minimum atomic E-state index is -2.25. The minimum absolute atomic E-state index is 0.0984. The van der Waals surface area contributed by atoms with E-state index in [1.807, 2.05) is 0 Å². The number of likely N-dealkylation sites (N-methyl/N-ethyl adjacent to an activating group) is 1. The van der Waals surface area contributed by atoms with E-state index in [4.69, 9.17) is 15.2 Å². The molecule has 14 heteroatoms. The molecule has 0 spiro atoms. The lowest BCUT2D eigenvalue weighted by Crippen LogP contribution is -2.85. The Balaban J connectivity index is 1.43. The van der Waals surface area contributed by atoms with Crippen LogP contribution in [0.1, 0.15) is 52.7 Å². The number of nitrogens with two attached hydrogens (primary N) is 1. The molecule has 2 heterocycles. The second-order valence-electron chi connectivity index (χ2n) is 11.4. The van der Waals surface area contributed by atoms with E-state index in [2.05, 4.69) is 10.6 Å². The number of ether oxygens (including phenoxy) is 2. The summed E-state index contributed by atoms with van der Waals surface area (Å²) in [5.41, 5.74) is 2.51. The number of anilines is 1. The molecule has 6 N–H and O–H groups in total. The predicted octanol–water partition coefficient (Wildman–Crippen LogP) is 5.01. The van der Waals surface area contributed by atoms with E-state index in [1.165, 1.54) is 103 Å². The first-order valence-electron chi connectivity index (χ1n) is 15.1. The molecule has 2 unspecified atom stereocenters. The summed E-state index contributed by atoms with van der Waals surface area (Å²) in [6.45, 7) is 0. The largest absolute Gasteiger partial charge is 0.480 e. The van der Waals surface area contributed by atoms with Gasteiger partial charge < -0.3 is 36.1 Å². The second kappa shape index (κ2) is 13.6. The number of carboxylic acid groups (broad SMARTS) is 2. The van der Waals surface area contributed by atoms with Crippen LogP contribution < -0.4 is 25.8 Å². The molecule has 1 amide bonds. The Bertz CT molecular complexity index is 1950. The van der Waals surface area contributed by atoms with Gasteiger partial charge in [0.2, 0.25) is 0 Å². The van der Waals surface area contributed by atoms with Gasteiger partial charge in [0.15, 0.2) is 5.54 Å². The first-order valence-corrected chi connectivity index (χ1v) is 16.8. The van der Waals surface area contributed by atoms with Gasteiger partial charge in [0, 0.05) is 23.1 Å². The number of hydrogen-bond donors (Lipinski definition) is 5. The van der Waals surface area contributed by atoms with E-state index in [0.717, 1.165) is 0 Å². The summed E-state index contributed by atoms with van der Waals surface area (Å²) in [5.74, 6) is -7.35. The van der Waals surface area contributed by atoms with Gasteiger partial charge in [0.25, 0.3) is 5.91 Å². The maximum Gasteiger partial charge on any atom is 0.353 e.